The number of nitrogens with two attached hydrogens (primary N) is 1. The van der Waals surface area contributed by atoms with Crippen LogP contribution in [-0.2, 0) is 19.9 Å². The van der Waals surface area contributed by atoms with Crippen molar-refractivity contribution in [3.05, 3.63) is 66.7 Å². The third-order valence-electron chi connectivity index (χ3n) is 4.43. The van der Waals surface area contributed by atoms with Gasteiger partial charge in [0, 0.05) is 31.6 Å². The highest BCUT2D eigenvalue weighted by Gasteiger charge is 2.16. The van der Waals surface area contributed by atoms with Gasteiger partial charge in [0.15, 0.2) is 21.6 Å². The fraction of sp³-hybridized carbons (Fsp3) is 0.143. The largest absolute Gasteiger partial charge is 0.369 e. The Bertz CT molecular complexity index is 1370. The zero-order chi connectivity index (χ0) is 23.5. The topological polar surface area (TPSA) is 135 Å². The van der Waals surface area contributed by atoms with Crippen LogP contribution < -0.4 is 11.1 Å². The van der Waals surface area contributed by atoms with Gasteiger partial charge in [-0.2, -0.15) is 4.99 Å². The van der Waals surface area contributed by atoms with Crippen LogP contribution >= 0.6 is 0 Å². The number of nitrogens with one attached hydrogen (secondary N) is 1. The fourth-order valence-electron chi connectivity index (χ4n) is 2.75. The molecule has 32 heavy (non-hydrogen) atoms. The van der Waals surface area contributed by atoms with Crippen LogP contribution in [0.5, 0.6) is 0 Å². The Kier molecular flexibility index (Phi) is 6.63. The van der Waals surface area contributed by atoms with E-state index in [9.17, 15) is 16.8 Å². The minimum Gasteiger partial charge on any atom is -0.369 e. The molecular formula is C21H23N5O4S2. The first-order chi connectivity index (χ1) is 15.0. The fourth-order valence-corrected chi connectivity index (χ4v) is 4.32. The number of benzene rings is 2. The molecule has 0 bridgehead atoms. The third kappa shape index (κ3) is 5.49. The molecule has 168 valence electrons. The second kappa shape index (κ2) is 9.07. The summed E-state index contributed by atoms with van der Waals surface area (Å²) in [7, 11) is -3.93. The van der Waals surface area contributed by atoms with Crippen molar-refractivity contribution in [3.63, 3.8) is 0 Å². The van der Waals surface area contributed by atoms with Crippen molar-refractivity contribution in [3.8, 4) is 11.3 Å². The van der Waals surface area contributed by atoms with Crippen LogP contribution in [0.3, 0.4) is 0 Å². The van der Waals surface area contributed by atoms with E-state index in [0.29, 0.717) is 22.8 Å². The number of nitrogens with zero attached hydrogens (tertiary/aromatic N) is 3. The number of hydrogen-bond donors (Lipinski definition) is 2. The molecule has 0 aliphatic rings. The normalized spacial score (nSPS) is 12.7. The second-order valence-electron chi connectivity index (χ2n) is 7.11. The van der Waals surface area contributed by atoms with E-state index in [1.165, 1.54) is 32.3 Å². The number of sulfone groups is 1. The summed E-state index contributed by atoms with van der Waals surface area (Å²) in [6, 6.07) is 17.7. The molecule has 3 N–H and O–H groups in total. The van der Waals surface area contributed by atoms with Crippen molar-refractivity contribution in [1.29, 1.82) is 0 Å². The third-order valence-corrected chi connectivity index (χ3v) is 7.37. The van der Waals surface area contributed by atoms with Gasteiger partial charge in [0.2, 0.25) is 10.0 Å². The minimum atomic E-state index is -3.52. The van der Waals surface area contributed by atoms with E-state index in [2.05, 4.69) is 15.3 Å². The molecule has 3 aromatic rings. The van der Waals surface area contributed by atoms with Crippen LogP contribution in [0.4, 0.5) is 11.5 Å². The number of guanidine groups is 1. The van der Waals surface area contributed by atoms with Gasteiger partial charge >= 0.3 is 0 Å². The molecule has 2 aromatic carbocycles. The number of hydrogen-bond acceptors (Lipinski definition) is 6. The molecule has 1 aromatic heterocycles. The molecule has 11 heteroatoms. The number of anilines is 1. The van der Waals surface area contributed by atoms with Crippen molar-refractivity contribution in [2.45, 2.75) is 9.79 Å². The number of aromatic nitrogens is 1. The molecule has 0 atom stereocenters. The minimum absolute atomic E-state index is 0.0581. The van der Waals surface area contributed by atoms with Crippen LogP contribution in [0, 0.1) is 0 Å². The summed E-state index contributed by atoms with van der Waals surface area (Å²) >= 11 is 0. The van der Waals surface area contributed by atoms with E-state index in [4.69, 9.17) is 5.73 Å². The first-order valence-electron chi connectivity index (χ1n) is 9.38. The van der Waals surface area contributed by atoms with Crippen LogP contribution in [0.2, 0.25) is 0 Å². The smallest absolute Gasteiger partial charge is 0.242 e. The maximum absolute atomic E-state index is 12.1. The lowest BCUT2D eigenvalue weighted by atomic mass is 10.1. The number of pyridine rings is 1. The Balaban J connectivity index is 1.81. The molecule has 0 radical (unpaired) electrons. The summed E-state index contributed by atoms with van der Waals surface area (Å²) in [6.45, 7) is 0. The lowest BCUT2D eigenvalue weighted by Gasteiger charge is -2.12. The summed E-state index contributed by atoms with van der Waals surface area (Å²) in [5.41, 5.74) is 7.71. The van der Waals surface area contributed by atoms with Gasteiger partial charge in [0.05, 0.1) is 15.5 Å². The van der Waals surface area contributed by atoms with E-state index < -0.39 is 19.9 Å². The first-order valence-corrected chi connectivity index (χ1v) is 12.7. The number of aliphatic imine (C=N–C) groups is 1. The molecule has 0 saturated heterocycles. The molecule has 3 rings (SSSR count). The van der Waals surface area contributed by atoms with Gasteiger partial charge in [-0.25, -0.2) is 26.1 Å². The predicted molar refractivity (Wildman–Crippen MR) is 125 cm³/mol. The Hall–Kier alpha value is -3.28. The summed E-state index contributed by atoms with van der Waals surface area (Å²) in [5.74, 6) is 0.381. The van der Waals surface area contributed by atoms with E-state index in [1.807, 2.05) is 0 Å². The zero-order valence-electron chi connectivity index (χ0n) is 17.7. The van der Waals surface area contributed by atoms with Crippen molar-refractivity contribution in [1.82, 2.24) is 9.29 Å². The maximum atomic E-state index is 12.1. The van der Waals surface area contributed by atoms with E-state index in [0.717, 1.165) is 10.6 Å². The quantitative estimate of drug-likeness (QED) is 0.415. The standard InChI is InChI=1S/C21H23N5O4S2/c1-26(2)32(29,30)17-12-10-16(11-13-17)23-21(22)25-20-9-5-8-19(24-20)15-6-4-7-18(14-15)31(3,27)28/h4-14H,1-3H3,(H3,22,23,24,25). The summed E-state index contributed by atoms with van der Waals surface area (Å²) in [4.78, 5) is 9.03. The van der Waals surface area contributed by atoms with E-state index in [-0.39, 0.29) is 15.8 Å². The van der Waals surface area contributed by atoms with Crippen molar-refractivity contribution >= 4 is 37.3 Å². The molecule has 0 fully saturated rings. The molecule has 0 amide bonds. The molecule has 1 heterocycles. The lowest BCUT2D eigenvalue weighted by molar-refractivity contribution is 0.521. The summed E-state index contributed by atoms with van der Waals surface area (Å²) in [5, 5.41) is 2.89. The van der Waals surface area contributed by atoms with Gasteiger partial charge in [-0.15, -0.1) is 0 Å². The van der Waals surface area contributed by atoms with Gasteiger partial charge in [0.1, 0.15) is 0 Å². The highest BCUT2D eigenvalue weighted by molar-refractivity contribution is 7.90. The summed E-state index contributed by atoms with van der Waals surface area (Å²) < 4.78 is 49.0. The van der Waals surface area contributed by atoms with Crippen LogP contribution in [0.1, 0.15) is 0 Å². The Morgan fingerprint density at radius 2 is 1.59 bits per heavy atom. The van der Waals surface area contributed by atoms with Crippen LogP contribution in [-0.4, -0.2) is 52.4 Å². The Labute approximate surface area is 187 Å². The van der Waals surface area contributed by atoms with Crippen LogP contribution in [0.15, 0.2) is 81.5 Å². The molecule has 0 spiro atoms. The first kappa shape index (κ1) is 23.4. The molecule has 0 unspecified atom stereocenters. The SMILES string of the molecule is CN(C)S(=O)(=O)c1ccc(N/C(N)=N/c2cccc(-c3cccc(S(C)(=O)=O)c3)n2)cc1. The molecule has 0 aliphatic heterocycles. The van der Waals surface area contributed by atoms with Crippen LogP contribution in [0.25, 0.3) is 11.3 Å². The molecule has 0 aliphatic carbocycles. The molecular weight excluding hydrogens is 450 g/mol. The van der Waals surface area contributed by atoms with Crippen molar-refractivity contribution in [2.24, 2.45) is 10.7 Å². The maximum Gasteiger partial charge on any atom is 0.242 e. The highest BCUT2D eigenvalue weighted by atomic mass is 32.2. The number of rotatable bonds is 6. The predicted octanol–water partition coefficient (Wildman–Crippen LogP) is 2.46. The Morgan fingerprint density at radius 1 is 0.938 bits per heavy atom. The monoisotopic (exact) mass is 473 g/mol. The van der Waals surface area contributed by atoms with Crippen molar-refractivity contribution < 1.29 is 16.8 Å². The lowest BCUT2D eigenvalue weighted by Crippen LogP contribution is -2.23. The summed E-state index contributed by atoms with van der Waals surface area (Å²) in [6.07, 6.45) is 1.15. The van der Waals surface area contributed by atoms with Gasteiger partial charge in [-0.1, -0.05) is 18.2 Å². The molecule has 9 nitrogen and oxygen atoms in total. The Morgan fingerprint density at radius 3 is 2.22 bits per heavy atom. The van der Waals surface area contributed by atoms with Crippen molar-refractivity contribution in [2.75, 3.05) is 25.7 Å². The van der Waals surface area contributed by atoms with Gasteiger partial charge in [0.25, 0.3) is 0 Å². The van der Waals surface area contributed by atoms with Gasteiger partial charge in [-0.05, 0) is 48.5 Å². The second-order valence-corrected chi connectivity index (χ2v) is 11.3. The average Bonchev–Trinajstić information content (AvgIpc) is 2.73. The average molecular weight is 474 g/mol. The van der Waals surface area contributed by atoms with Gasteiger partial charge in [-0.3, -0.25) is 0 Å². The number of sulfonamides is 1. The zero-order valence-corrected chi connectivity index (χ0v) is 19.4. The highest BCUT2D eigenvalue weighted by Crippen LogP contribution is 2.23. The van der Waals surface area contributed by atoms with Gasteiger partial charge < -0.3 is 11.1 Å². The molecule has 0 saturated carbocycles. The van der Waals surface area contributed by atoms with E-state index in [1.54, 1.807) is 48.5 Å². The van der Waals surface area contributed by atoms with E-state index >= 15 is 0 Å².